The van der Waals surface area contributed by atoms with E-state index in [4.69, 9.17) is 27.9 Å². The molecule has 2 rings (SSSR count). The highest BCUT2D eigenvalue weighted by Crippen LogP contribution is 2.26. The first-order valence-corrected chi connectivity index (χ1v) is 9.94. The van der Waals surface area contributed by atoms with Gasteiger partial charge in [0, 0.05) is 37.3 Å². The number of nitrogens with zero attached hydrogens (tertiary/aromatic N) is 2. The van der Waals surface area contributed by atoms with Gasteiger partial charge in [0.1, 0.15) is 6.54 Å². The zero-order valence-corrected chi connectivity index (χ0v) is 20.3. The van der Waals surface area contributed by atoms with E-state index >= 15 is 0 Å². The number of benzene rings is 1. The lowest BCUT2D eigenvalue weighted by atomic mass is 10.1. The van der Waals surface area contributed by atoms with Crippen molar-refractivity contribution in [1.82, 2.24) is 15.5 Å². The maximum Gasteiger partial charge on any atom is 0.243 e. The van der Waals surface area contributed by atoms with Crippen LogP contribution < -0.4 is 10.6 Å². The highest BCUT2D eigenvalue weighted by atomic mass is 127. The van der Waals surface area contributed by atoms with Crippen molar-refractivity contribution in [3.63, 3.8) is 0 Å². The molecular weight excluding hydrogens is 514 g/mol. The average molecular weight is 543 g/mol. The summed E-state index contributed by atoms with van der Waals surface area (Å²) < 4.78 is 5.76. The number of ether oxygens (including phenoxy) is 1. The van der Waals surface area contributed by atoms with Crippen LogP contribution in [-0.2, 0) is 9.53 Å². The number of hydrogen-bond donors (Lipinski definition) is 2. The summed E-state index contributed by atoms with van der Waals surface area (Å²) in [5.41, 5.74) is 0.906. The third-order valence-electron chi connectivity index (χ3n) is 4.42. The molecule has 1 saturated heterocycles. The van der Waals surface area contributed by atoms with E-state index in [1.807, 2.05) is 13.0 Å². The maximum absolute atomic E-state index is 11.9. The van der Waals surface area contributed by atoms with Crippen molar-refractivity contribution >= 4 is 59.0 Å². The normalized spacial score (nSPS) is 18.0. The van der Waals surface area contributed by atoms with E-state index in [2.05, 4.69) is 15.6 Å². The van der Waals surface area contributed by atoms with E-state index in [1.165, 1.54) is 11.3 Å². The zero-order valence-electron chi connectivity index (χ0n) is 16.5. The van der Waals surface area contributed by atoms with Crippen LogP contribution in [0.15, 0.2) is 23.2 Å². The molecule has 2 atom stereocenters. The number of amides is 1. The van der Waals surface area contributed by atoms with Crippen molar-refractivity contribution in [2.45, 2.75) is 38.3 Å². The Morgan fingerprint density at radius 3 is 2.71 bits per heavy atom. The van der Waals surface area contributed by atoms with Crippen molar-refractivity contribution in [2.24, 2.45) is 4.99 Å². The monoisotopic (exact) mass is 542 g/mol. The molecule has 2 unspecified atom stereocenters. The van der Waals surface area contributed by atoms with Crippen LogP contribution in [0.2, 0.25) is 10.0 Å². The predicted molar refractivity (Wildman–Crippen MR) is 126 cm³/mol. The standard InChI is InChI=1S/C19H28Cl2N4O2.HI/c1-13(16-8-7-14(20)10-17(16)21)24-19(23-12-18(26)25(2)3)22-11-15-6-4-5-9-27-15;/h7-8,10,13,15H,4-6,9,11-12H2,1-3H3,(H2,22,23,24);1H. The number of carbonyl (C=O) groups excluding carboxylic acids is 1. The summed E-state index contributed by atoms with van der Waals surface area (Å²) in [6.45, 7) is 3.48. The maximum atomic E-state index is 11.9. The first-order chi connectivity index (χ1) is 12.9. The van der Waals surface area contributed by atoms with Crippen LogP contribution in [0.1, 0.15) is 37.8 Å². The number of carbonyl (C=O) groups is 1. The second kappa shape index (κ2) is 12.7. The highest BCUT2D eigenvalue weighted by molar-refractivity contribution is 14.0. The molecule has 0 saturated carbocycles. The number of nitrogens with one attached hydrogen (secondary N) is 2. The van der Waals surface area contributed by atoms with Crippen LogP contribution in [0, 0.1) is 0 Å². The van der Waals surface area contributed by atoms with E-state index in [0.29, 0.717) is 22.5 Å². The molecule has 0 spiro atoms. The molecule has 1 aliphatic heterocycles. The second-order valence-electron chi connectivity index (χ2n) is 6.85. The predicted octanol–water partition coefficient (Wildman–Crippen LogP) is 3.86. The molecule has 9 heteroatoms. The molecule has 2 N–H and O–H groups in total. The smallest absolute Gasteiger partial charge is 0.243 e. The van der Waals surface area contributed by atoms with Crippen LogP contribution in [-0.4, -0.2) is 56.7 Å². The molecule has 1 aliphatic rings. The van der Waals surface area contributed by atoms with Gasteiger partial charge >= 0.3 is 0 Å². The third-order valence-corrected chi connectivity index (χ3v) is 4.99. The Kier molecular flexibility index (Phi) is 11.5. The van der Waals surface area contributed by atoms with Gasteiger partial charge in [-0.25, -0.2) is 4.99 Å². The van der Waals surface area contributed by atoms with Gasteiger partial charge in [-0.15, -0.1) is 24.0 Å². The minimum atomic E-state index is -0.109. The van der Waals surface area contributed by atoms with Crippen molar-refractivity contribution in [2.75, 3.05) is 33.8 Å². The quantitative estimate of drug-likeness (QED) is 0.325. The summed E-state index contributed by atoms with van der Waals surface area (Å²) >= 11 is 12.3. The van der Waals surface area contributed by atoms with Gasteiger partial charge in [-0.1, -0.05) is 29.3 Å². The van der Waals surface area contributed by atoms with E-state index in [1.54, 1.807) is 26.2 Å². The van der Waals surface area contributed by atoms with Crippen molar-refractivity contribution < 1.29 is 9.53 Å². The van der Waals surface area contributed by atoms with Crippen molar-refractivity contribution in [3.8, 4) is 0 Å². The molecule has 0 radical (unpaired) electrons. The minimum absolute atomic E-state index is 0. The summed E-state index contributed by atoms with van der Waals surface area (Å²) in [6, 6.07) is 5.29. The lowest BCUT2D eigenvalue weighted by molar-refractivity contribution is -0.127. The Bertz CT molecular complexity index is 667. The Morgan fingerprint density at radius 1 is 1.36 bits per heavy atom. The molecule has 1 heterocycles. The molecule has 1 fully saturated rings. The number of rotatable bonds is 6. The summed E-state index contributed by atoms with van der Waals surface area (Å²) in [5.74, 6) is 0.486. The number of aliphatic imine (C=N–C) groups is 1. The van der Waals surface area contributed by atoms with Gasteiger partial charge in [0.25, 0.3) is 0 Å². The molecular formula is C19H29Cl2IN4O2. The molecule has 1 aromatic carbocycles. The Balaban J connectivity index is 0.00000392. The molecule has 28 heavy (non-hydrogen) atoms. The fourth-order valence-corrected chi connectivity index (χ4v) is 3.33. The topological polar surface area (TPSA) is 66.0 Å². The van der Waals surface area contributed by atoms with Crippen LogP contribution in [0.5, 0.6) is 0 Å². The van der Waals surface area contributed by atoms with Crippen molar-refractivity contribution in [1.29, 1.82) is 0 Å². The lowest BCUT2D eigenvalue weighted by Crippen LogP contribution is -2.44. The molecule has 0 bridgehead atoms. The number of likely N-dealkylation sites (N-methyl/N-ethyl adjacent to an activating group) is 1. The molecule has 158 valence electrons. The second-order valence-corrected chi connectivity index (χ2v) is 7.70. The zero-order chi connectivity index (χ0) is 19.8. The lowest BCUT2D eigenvalue weighted by Gasteiger charge is -2.25. The largest absolute Gasteiger partial charge is 0.376 e. The van der Waals surface area contributed by atoms with Crippen molar-refractivity contribution in [3.05, 3.63) is 33.8 Å². The van der Waals surface area contributed by atoms with E-state index < -0.39 is 0 Å². The molecule has 0 aromatic heterocycles. The van der Waals surface area contributed by atoms with Crippen LogP contribution in [0.4, 0.5) is 0 Å². The van der Waals surface area contributed by atoms with Crippen LogP contribution in [0.3, 0.4) is 0 Å². The first-order valence-electron chi connectivity index (χ1n) is 9.18. The fourth-order valence-electron chi connectivity index (χ4n) is 2.76. The molecule has 6 nitrogen and oxygen atoms in total. The summed E-state index contributed by atoms with van der Waals surface area (Å²) in [6.07, 6.45) is 3.46. The van der Waals surface area contributed by atoms with Gasteiger partial charge < -0.3 is 20.3 Å². The highest BCUT2D eigenvalue weighted by Gasteiger charge is 2.16. The van der Waals surface area contributed by atoms with Gasteiger partial charge in [0.05, 0.1) is 12.1 Å². The minimum Gasteiger partial charge on any atom is -0.376 e. The van der Waals surface area contributed by atoms with Gasteiger partial charge in [0.15, 0.2) is 5.96 Å². The number of halogens is 3. The molecule has 0 aliphatic carbocycles. The molecule has 1 amide bonds. The van der Waals surface area contributed by atoms with E-state index in [-0.39, 0.29) is 48.6 Å². The molecule has 1 aromatic rings. The Morgan fingerprint density at radius 2 is 2.11 bits per heavy atom. The summed E-state index contributed by atoms with van der Waals surface area (Å²) in [5, 5.41) is 7.78. The van der Waals surface area contributed by atoms with Gasteiger partial charge in [0.2, 0.25) is 5.91 Å². The number of hydrogen-bond acceptors (Lipinski definition) is 3. The number of guanidine groups is 1. The van der Waals surface area contributed by atoms with Crippen LogP contribution >= 0.6 is 47.2 Å². The van der Waals surface area contributed by atoms with E-state index in [9.17, 15) is 4.79 Å². The van der Waals surface area contributed by atoms with Gasteiger partial charge in [-0.2, -0.15) is 0 Å². The van der Waals surface area contributed by atoms with Gasteiger partial charge in [-0.05, 0) is 43.9 Å². The average Bonchev–Trinajstić information content (AvgIpc) is 2.64. The summed E-state index contributed by atoms with van der Waals surface area (Å²) in [4.78, 5) is 17.8. The SMILES string of the molecule is CC(NC(=NCC(=O)N(C)C)NCC1CCCCO1)c1ccc(Cl)cc1Cl.I. The van der Waals surface area contributed by atoms with E-state index in [0.717, 1.165) is 25.0 Å². The fraction of sp³-hybridized carbons (Fsp3) is 0.579. The first kappa shape index (κ1) is 25.3. The Hall–Kier alpha value is -0.770. The Labute approximate surface area is 194 Å². The van der Waals surface area contributed by atoms with Crippen LogP contribution in [0.25, 0.3) is 0 Å². The third kappa shape index (κ3) is 8.31. The van der Waals surface area contributed by atoms with Gasteiger partial charge in [-0.3, -0.25) is 4.79 Å². The summed E-state index contributed by atoms with van der Waals surface area (Å²) in [7, 11) is 3.43.